The molecule has 1 aromatic carbocycles. The summed E-state index contributed by atoms with van der Waals surface area (Å²) < 4.78 is 11.6. The summed E-state index contributed by atoms with van der Waals surface area (Å²) in [6.45, 7) is 8.58. The second-order valence-electron chi connectivity index (χ2n) is 4.98. The normalized spacial score (nSPS) is 12.2. The van der Waals surface area contributed by atoms with Crippen molar-refractivity contribution >= 4 is 0 Å². The zero-order valence-corrected chi connectivity index (χ0v) is 12.4. The molecule has 0 aliphatic heterocycles. The van der Waals surface area contributed by atoms with Gasteiger partial charge in [0, 0.05) is 6.07 Å². The fraction of sp³-hybridized carbons (Fsp3) is 0.625. The number of nitrogens with two attached hydrogens (primary N) is 1. The van der Waals surface area contributed by atoms with Gasteiger partial charge in [-0.05, 0) is 36.9 Å². The van der Waals surface area contributed by atoms with E-state index in [1.807, 2.05) is 12.1 Å². The van der Waals surface area contributed by atoms with Crippen LogP contribution < -0.4 is 15.2 Å². The minimum atomic E-state index is 0.561. The lowest BCUT2D eigenvalue weighted by atomic mass is 10.1. The van der Waals surface area contributed by atoms with Crippen molar-refractivity contribution in [1.82, 2.24) is 0 Å². The summed E-state index contributed by atoms with van der Waals surface area (Å²) >= 11 is 0. The lowest BCUT2D eigenvalue weighted by Gasteiger charge is -2.15. The lowest BCUT2D eigenvalue weighted by molar-refractivity contribution is 0.251. The van der Waals surface area contributed by atoms with Crippen molar-refractivity contribution < 1.29 is 9.47 Å². The zero-order chi connectivity index (χ0) is 14.1. The summed E-state index contributed by atoms with van der Waals surface area (Å²) in [5.41, 5.74) is 6.80. The average Bonchev–Trinajstić information content (AvgIpc) is 2.44. The Bertz CT molecular complexity index is 366. The van der Waals surface area contributed by atoms with Gasteiger partial charge in [0.15, 0.2) is 0 Å². The molecular weight excluding hydrogens is 238 g/mol. The van der Waals surface area contributed by atoms with Gasteiger partial charge in [-0.1, -0.05) is 33.3 Å². The second-order valence-corrected chi connectivity index (χ2v) is 4.98. The molecule has 3 heteroatoms. The molecule has 19 heavy (non-hydrogen) atoms. The standard InChI is InChI=1S/C16H27NO2/c1-4-10-18-15-7-6-14(8-9-17)16(11-15)19-12-13(3)5-2/h6-7,11,13H,4-5,8-10,12,17H2,1-3H3. The topological polar surface area (TPSA) is 44.5 Å². The van der Waals surface area contributed by atoms with Crippen molar-refractivity contribution in [3.63, 3.8) is 0 Å². The molecule has 2 N–H and O–H groups in total. The molecule has 0 saturated carbocycles. The van der Waals surface area contributed by atoms with E-state index in [-0.39, 0.29) is 0 Å². The van der Waals surface area contributed by atoms with Gasteiger partial charge in [-0.25, -0.2) is 0 Å². The number of benzene rings is 1. The summed E-state index contributed by atoms with van der Waals surface area (Å²) in [4.78, 5) is 0. The van der Waals surface area contributed by atoms with Crippen LogP contribution in [-0.2, 0) is 6.42 Å². The van der Waals surface area contributed by atoms with Gasteiger partial charge in [0.2, 0.25) is 0 Å². The summed E-state index contributed by atoms with van der Waals surface area (Å²) in [5, 5.41) is 0. The molecule has 0 fully saturated rings. The molecule has 0 radical (unpaired) electrons. The highest BCUT2D eigenvalue weighted by Crippen LogP contribution is 2.26. The van der Waals surface area contributed by atoms with E-state index in [1.54, 1.807) is 0 Å². The van der Waals surface area contributed by atoms with Gasteiger partial charge in [0.25, 0.3) is 0 Å². The van der Waals surface area contributed by atoms with E-state index in [0.29, 0.717) is 12.5 Å². The molecule has 108 valence electrons. The first-order valence-electron chi connectivity index (χ1n) is 7.29. The summed E-state index contributed by atoms with van der Waals surface area (Å²) in [7, 11) is 0. The first kappa shape index (κ1) is 15.8. The third-order valence-corrected chi connectivity index (χ3v) is 3.15. The molecule has 1 unspecified atom stereocenters. The molecule has 0 aliphatic rings. The number of hydrogen-bond acceptors (Lipinski definition) is 3. The van der Waals surface area contributed by atoms with E-state index in [9.17, 15) is 0 Å². The maximum absolute atomic E-state index is 5.93. The Hall–Kier alpha value is -1.22. The average molecular weight is 265 g/mol. The van der Waals surface area contributed by atoms with Crippen molar-refractivity contribution in [2.45, 2.75) is 40.0 Å². The molecule has 0 aromatic heterocycles. The van der Waals surface area contributed by atoms with Gasteiger partial charge < -0.3 is 15.2 Å². The van der Waals surface area contributed by atoms with Crippen LogP contribution in [0.5, 0.6) is 11.5 Å². The van der Waals surface area contributed by atoms with Crippen LogP contribution in [0.4, 0.5) is 0 Å². The summed E-state index contributed by atoms with van der Waals surface area (Å²) in [6.07, 6.45) is 2.97. The van der Waals surface area contributed by atoms with Gasteiger partial charge >= 0.3 is 0 Å². The van der Waals surface area contributed by atoms with Gasteiger partial charge in [0.05, 0.1) is 13.2 Å². The van der Waals surface area contributed by atoms with Crippen molar-refractivity contribution in [3.8, 4) is 11.5 Å². The smallest absolute Gasteiger partial charge is 0.126 e. The minimum absolute atomic E-state index is 0.561. The Morgan fingerprint density at radius 3 is 2.63 bits per heavy atom. The summed E-state index contributed by atoms with van der Waals surface area (Å²) in [5.74, 6) is 2.35. The number of ether oxygens (including phenoxy) is 2. The third kappa shape index (κ3) is 5.52. The van der Waals surface area contributed by atoms with Crippen molar-refractivity contribution in [2.24, 2.45) is 11.7 Å². The Morgan fingerprint density at radius 1 is 1.21 bits per heavy atom. The molecular formula is C16H27NO2. The number of hydrogen-bond donors (Lipinski definition) is 1. The van der Waals surface area contributed by atoms with Crippen LogP contribution in [0.2, 0.25) is 0 Å². The van der Waals surface area contributed by atoms with Gasteiger partial charge in [-0.2, -0.15) is 0 Å². The van der Waals surface area contributed by atoms with Crippen molar-refractivity contribution in [3.05, 3.63) is 23.8 Å². The molecule has 3 nitrogen and oxygen atoms in total. The van der Waals surface area contributed by atoms with Gasteiger partial charge in [-0.15, -0.1) is 0 Å². The molecule has 0 saturated heterocycles. The molecule has 1 atom stereocenters. The number of rotatable bonds is 9. The maximum Gasteiger partial charge on any atom is 0.126 e. The van der Waals surface area contributed by atoms with Crippen LogP contribution in [0.15, 0.2) is 18.2 Å². The summed E-state index contributed by atoms with van der Waals surface area (Å²) in [6, 6.07) is 6.05. The van der Waals surface area contributed by atoms with E-state index in [4.69, 9.17) is 15.2 Å². The Morgan fingerprint density at radius 2 is 2.00 bits per heavy atom. The van der Waals surface area contributed by atoms with Crippen LogP contribution in [0.25, 0.3) is 0 Å². The largest absolute Gasteiger partial charge is 0.493 e. The first-order valence-corrected chi connectivity index (χ1v) is 7.29. The van der Waals surface area contributed by atoms with Crippen molar-refractivity contribution in [1.29, 1.82) is 0 Å². The Balaban J connectivity index is 2.75. The molecule has 0 aliphatic carbocycles. The Labute approximate surface area is 117 Å². The third-order valence-electron chi connectivity index (χ3n) is 3.15. The molecule has 1 rings (SSSR count). The SMILES string of the molecule is CCCOc1ccc(CCN)c(OCC(C)CC)c1. The van der Waals surface area contributed by atoms with E-state index in [2.05, 4.69) is 26.8 Å². The van der Waals surface area contributed by atoms with Gasteiger partial charge in [-0.3, -0.25) is 0 Å². The fourth-order valence-corrected chi connectivity index (χ4v) is 1.69. The minimum Gasteiger partial charge on any atom is -0.493 e. The van der Waals surface area contributed by atoms with Crippen molar-refractivity contribution in [2.75, 3.05) is 19.8 Å². The molecule has 1 aromatic rings. The Kier molecular flexibility index (Phi) is 7.34. The maximum atomic E-state index is 5.93. The van der Waals surface area contributed by atoms with Crippen LogP contribution in [0, 0.1) is 5.92 Å². The van der Waals surface area contributed by atoms with Crippen LogP contribution in [0.1, 0.15) is 39.2 Å². The quantitative estimate of drug-likeness (QED) is 0.744. The highest BCUT2D eigenvalue weighted by Gasteiger charge is 2.07. The second kappa shape index (κ2) is 8.81. The molecule has 0 heterocycles. The first-order chi connectivity index (χ1) is 9.21. The van der Waals surface area contributed by atoms with E-state index in [0.717, 1.165) is 49.5 Å². The van der Waals surface area contributed by atoms with Crippen LogP contribution >= 0.6 is 0 Å². The van der Waals surface area contributed by atoms with Gasteiger partial charge in [0.1, 0.15) is 11.5 Å². The van der Waals surface area contributed by atoms with E-state index >= 15 is 0 Å². The highest BCUT2D eigenvalue weighted by atomic mass is 16.5. The molecule has 0 bridgehead atoms. The fourth-order valence-electron chi connectivity index (χ4n) is 1.69. The van der Waals surface area contributed by atoms with Crippen LogP contribution in [0.3, 0.4) is 0 Å². The monoisotopic (exact) mass is 265 g/mol. The molecule has 0 amide bonds. The van der Waals surface area contributed by atoms with E-state index < -0.39 is 0 Å². The predicted octanol–water partition coefficient (Wildman–Crippen LogP) is 3.40. The van der Waals surface area contributed by atoms with Crippen LogP contribution in [-0.4, -0.2) is 19.8 Å². The van der Waals surface area contributed by atoms with E-state index in [1.165, 1.54) is 0 Å². The predicted molar refractivity (Wildman–Crippen MR) is 79.9 cm³/mol. The lowest BCUT2D eigenvalue weighted by Crippen LogP contribution is -2.10. The highest BCUT2D eigenvalue weighted by molar-refractivity contribution is 5.41. The molecule has 0 spiro atoms. The zero-order valence-electron chi connectivity index (χ0n) is 12.4.